The Labute approximate surface area is 172 Å². The summed E-state index contributed by atoms with van der Waals surface area (Å²) in [6.07, 6.45) is 2.26. The van der Waals surface area contributed by atoms with Gasteiger partial charge in [-0.1, -0.05) is 97.1 Å². The fraction of sp³-hybridized carbons (Fsp3) is 0.120. The summed E-state index contributed by atoms with van der Waals surface area (Å²) in [6.45, 7) is 0.163. The van der Waals surface area contributed by atoms with Crippen molar-refractivity contribution in [2.24, 2.45) is 0 Å². The van der Waals surface area contributed by atoms with E-state index in [9.17, 15) is 4.57 Å². The van der Waals surface area contributed by atoms with Crippen LogP contribution in [0.2, 0.25) is 0 Å². The topological polar surface area (TPSA) is 46.5 Å². The molecule has 0 bridgehead atoms. The molecule has 0 spiro atoms. The van der Waals surface area contributed by atoms with Gasteiger partial charge in [-0.05, 0) is 46.4 Å². The highest BCUT2D eigenvalue weighted by molar-refractivity contribution is 7.32. The fourth-order valence-corrected chi connectivity index (χ4v) is 3.30. The van der Waals surface area contributed by atoms with Crippen LogP contribution in [0.1, 0.15) is 16.7 Å². The fourth-order valence-electron chi connectivity index (χ4n) is 3.04. The molecule has 146 valence electrons. The Kier molecular flexibility index (Phi) is 8.09. The van der Waals surface area contributed by atoms with Gasteiger partial charge in [-0.25, -0.2) is 0 Å². The molecule has 0 heterocycles. The third kappa shape index (κ3) is 7.24. The largest absolute Gasteiger partial charge is 0.695 e. The minimum atomic E-state index is -2.52. The molecule has 0 radical (unpaired) electrons. The molecule has 0 saturated heterocycles. The molecule has 0 aliphatic carbocycles. The minimum Gasteiger partial charge on any atom is -0.133 e. The van der Waals surface area contributed by atoms with E-state index in [1.807, 2.05) is 42.5 Å². The average Bonchev–Trinajstić information content (AvgIpc) is 2.78. The highest BCUT2D eigenvalue weighted by Gasteiger charge is 2.11. The van der Waals surface area contributed by atoms with Crippen LogP contribution >= 0.6 is 8.25 Å². The lowest BCUT2D eigenvalue weighted by atomic mass is 10.0. The van der Waals surface area contributed by atoms with Crippen LogP contribution in [0.25, 0.3) is 10.8 Å². The van der Waals surface area contributed by atoms with Gasteiger partial charge in [0.05, 0.1) is 0 Å². The van der Waals surface area contributed by atoms with Crippen molar-refractivity contribution in [2.45, 2.75) is 19.4 Å². The Morgan fingerprint density at radius 3 is 1.69 bits per heavy atom. The summed E-state index contributed by atoms with van der Waals surface area (Å²) >= 11 is 0. The van der Waals surface area contributed by atoms with Gasteiger partial charge >= 0.3 is 8.25 Å². The smallest absolute Gasteiger partial charge is 0.133 e. The molecule has 0 amide bonds. The van der Waals surface area contributed by atoms with Crippen molar-refractivity contribution in [1.29, 1.82) is 0 Å². The molecule has 4 aromatic carbocycles. The van der Waals surface area contributed by atoms with Gasteiger partial charge < -0.3 is 0 Å². The van der Waals surface area contributed by atoms with E-state index in [0.29, 0.717) is 0 Å². The van der Waals surface area contributed by atoms with Crippen LogP contribution in [0.3, 0.4) is 0 Å². The van der Waals surface area contributed by atoms with Gasteiger partial charge in [0.2, 0.25) is 0 Å². The van der Waals surface area contributed by atoms with E-state index in [1.165, 1.54) is 11.1 Å². The third-order valence-corrected chi connectivity index (χ3v) is 4.89. The van der Waals surface area contributed by atoms with Crippen LogP contribution in [0.4, 0.5) is 0 Å². The van der Waals surface area contributed by atoms with E-state index in [4.69, 9.17) is 4.89 Å². The summed E-state index contributed by atoms with van der Waals surface area (Å²) in [5.74, 6) is 0. The van der Waals surface area contributed by atoms with E-state index >= 15 is 0 Å². The summed E-state index contributed by atoms with van der Waals surface area (Å²) < 4.78 is 15.0. The molecule has 0 aliphatic heterocycles. The summed E-state index contributed by atoms with van der Waals surface area (Å²) in [5.41, 5.74) is 3.72. The summed E-state index contributed by atoms with van der Waals surface area (Å²) in [4.78, 5) is 8.51. The van der Waals surface area contributed by atoms with Crippen LogP contribution < -0.4 is 0 Å². The zero-order chi connectivity index (χ0) is 20.3. The van der Waals surface area contributed by atoms with Crippen LogP contribution in [-0.4, -0.2) is 4.89 Å². The average molecular weight is 403 g/mol. The number of fused-ring (bicyclic) bond motifs is 1. The normalized spacial score (nSPS) is 10.9. The molecule has 0 aromatic heterocycles. The van der Waals surface area contributed by atoms with Crippen molar-refractivity contribution >= 4 is 19.0 Å². The second-order valence-corrected chi connectivity index (χ2v) is 7.40. The Balaban J connectivity index is 0.000000166. The zero-order valence-corrected chi connectivity index (χ0v) is 17.0. The Morgan fingerprint density at radius 2 is 1.14 bits per heavy atom. The number of hydrogen-bond acceptors (Lipinski definition) is 2. The van der Waals surface area contributed by atoms with Gasteiger partial charge in [-0.2, -0.15) is 0 Å². The van der Waals surface area contributed by atoms with Crippen LogP contribution in [0.15, 0.2) is 103 Å². The molecular weight excluding hydrogens is 379 g/mol. The van der Waals surface area contributed by atoms with Crippen LogP contribution in [0, 0.1) is 0 Å². The van der Waals surface area contributed by atoms with Gasteiger partial charge in [0.15, 0.2) is 0 Å². The standard InChI is InChI=1S/C14H14.C11H9O3P/c1-3-7-13(8-4-1)11-12-14-9-5-2-6-10-14;12-15(13)14-8-9-5-6-10-3-1-2-4-11(10)7-9/h1-10H,11-12H2;1-7H,8H2/p+1. The zero-order valence-electron chi connectivity index (χ0n) is 16.1. The lowest BCUT2D eigenvalue weighted by molar-refractivity contribution is 0.272. The molecule has 4 heteroatoms. The Morgan fingerprint density at radius 1 is 0.621 bits per heavy atom. The lowest BCUT2D eigenvalue weighted by Crippen LogP contribution is -1.89. The molecule has 29 heavy (non-hydrogen) atoms. The quantitative estimate of drug-likeness (QED) is 0.375. The first-order chi connectivity index (χ1) is 14.2. The molecule has 0 fully saturated rings. The number of hydrogen-bond donors (Lipinski definition) is 1. The number of rotatable bonds is 6. The summed E-state index contributed by atoms with van der Waals surface area (Å²) in [6, 6.07) is 35.0. The van der Waals surface area contributed by atoms with Gasteiger partial charge in [-0.15, -0.1) is 9.42 Å². The molecule has 1 atom stereocenters. The second kappa shape index (κ2) is 11.2. The lowest BCUT2D eigenvalue weighted by Gasteiger charge is -2.01. The van der Waals surface area contributed by atoms with Gasteiger partial charge in [0, 0.05) is 4.57 Å². The summed E-state index contributed by atoms with van der Waals surface area (Å²) in [5, 5.41) is 2.25. The molecule has 4 aromatic rings. The van der Waals surface area contributed by atoms with Crippen molar-refractivity contribution in [1.82, 2.24) is 0 Å². The summed E-state index contributed by atoms with van der Waals surface area (Å²) in [7, 11) is -2.52. The molecule has 3 nitrogen and oxygen atoms in total. The maximum absolute atomic E-state index is 10.4. The molecular formula is C25H24O3P+. The molecule has 0 aliphatic rings. The van der Waals surface area contributed by atoms with Crippen molar-refractivity contribution in [3.63, 3.8) is 0 Å². The van der Waals surface area contributed by atoms with Gasteiger partial charge in [0.1, 0.15) is 6.61 Å². The van der Waals surface area contributed by atoms with Gasteiger partial charge in [-0.3, -0.25) is 0 Å². The molecule has 4 rings (SSSR count). The van der Waals surface area contributed by atoms with Crippen molar-refractivity contribution < 1.29 is 14.0 Å². The van der Waals surface area contributed by atoms with E-state index in [-0.39, 0.29) is 6.61 Å². The highest BCUT2D eigenvalue weighted by atomic mass is 31.1. The highest BCUT2D eigenvalue weighted by Crippen LogP contribution is 2.21. The second-order valence-electron chi connectivity index (χ2n) is 6.66. The van der Waals surface area contributed by atoms with E-state index in [2.05, 4.69) is 65.2 Å². The Hall–Kier alpha value is -2.84. The molecule has 1 N–H and O–H groups in total. The van der Waals surface area contributed by atoms with Crippen molar-refractivity contribution in [3.05, 3.63) is 120 Å². The minimum absolute atomic E-state index is 0.163. The first-order valence-corrected chi connectivity index (χ1v) is 10.7. The third-order valence-electron chi connectivity index (χ3n) is 4.54. The van der Waals surface area contributed by atoms with Crippen molar-refractivity contribution in [2.75, 3.05) is 0 Å². The first kappa shape index (κ1) is 20.9. The number of aryl methyl sites for hydroxylation is 2. The molecule has 0 saturated carbocycles. The van der Waals surface area contributed by atoms with Gasteiger partial charge in [0.25, 0.3) is 0 Å². The number of benzene rings is 4. The maximum Gasteiger partial charge on any atom is 0.695 e. The SMILES string of the molecule is O=[P+](O)OCc1ccc2ccccc2c1.c1ccc(CCc2ccccc2)cc1. The monoisotopic (exact) mass is 403 g/mol. The first-order valence-electron chi connectivity index (χ1n) is 9.55. The predicted octanol–water partition coefficient (Wildman–Crippen LogP) is 6.48. The molecule has 1 unspecified atom stereocenters. The van der Waals surface area contributed by atoms with E-state index < -0.39 is 8.25 Å². The van der Waals surface area contributed by atoms with Crippen molar-refractivity contribution in [3.8, 4) is 0 Å². The van der Waals surface area contributed by atoms with E-state index in [0.717, 1.165) is 29.2 Å². The van der Waals surface area contributed by atoms with Crippen LogP contribution in [0.5, 0.6) is 0 Å². The van der Waals surface area contributed by atoms with E-state index in [1.54, 1.807) is 0 Å². The van der Waals surface area contributed by atoms with Crippen LogP contribution in [-0.2, 0) is 28.5 Å². The Bertz CT molecular complexity index is 994. The maximum atomic E-state index is 10.4. The predicted molar refractivity (Wildman–Crippen MR) is 119 cm³/mol.